The van der Waals surface area contributed by atoms with Crippen molar-refractivity contribution in [2.75, 3.05) is 0 Å². The summed E-state index contributed by atoms with van der Waals surface area (Å²) in [5, 5.41) is 25.9. The highest BCUT2D eigenvalue weighted by atomic mass is 32.2. The van der Waals surface area contributed by atoms with Crippen molar-refractivity contribution in [1.82, 2.24) is 0 Å². The van der Waals surface area contributed by atoms with Crippen molar-refractivity contribution in [3.63, 3.8) is 0 Å². The summed E-state index contributed by atoms with van der Waals surface area (Å²) in [7, 11) is -4.84. The Morgan fingerprint density at radius 3 is 1.57 bits per heavy atom. The van der Waals surface area contributed by atoms with Gasteiger partial charge in [0.2, 0.25) is 0 Å². The van der Waals surface area contributed by atoms with Crippen molar-refractivity contribution in [3.8, 4) is 0 Å². The molecule has 1 atom stereocenters. The normalized spacial score (nSPS) is 12.2. The quantitative estimate of drug-likeness (QED) is 0.227. The summed E-state index contributed by atoms with van der Waals surface area (Å²) in [6.45, 7) is 0. The lowest BCUT2D eigenvalue weighted by atomic mass is 10.3. The van der Waals surface area contributed by atoms with E-state index in [0.29, 0.717) is 0 Å². The molecular formula is C4H8O9S. The Bertz CT molecular complexity index is 290. The molecule has 0 fully saturated rings. The van der Waals surface area contributed by atoms with Gasteiger partial charge in [-0.25, -0.2) is 0 Å². The van der Waals surface area contributed by atoms with Gasteiger partial charge in [0, 0.05) is 0 Å². The van der Waals surface area contributed by atoms with Gasteiger partial charge in [0.15, 0.2) is 5.25 Å². The Hall–Kier alpha value is -1.23. The van der Waals surface area contributed by atoms with E-state index >= 15 is 0 Å². The Morgan fingerprint density at radius 1 is 1.14 bits per heavy atom. The molecule has 0 aromatic heterocycles. The van der Waals surface area contributed by atoms with Crippen LogP contribution in [0.1, 0.15) is 6.42 Å². The zero-order chi connectivity index (χ0) is 11.9. The smallest absolute Gasteiger partial charge is 0.325 e. The van der Waals surface area contributed by atoms with E-state index in [0.717, 1.165) is 0 Å². The Morgan fingerprint density at radius 2 is 1.50 bits per heavy atom. The lowest BCUT2D eigenvalue weighted by Crippen LogP contribution is -2.31. The average molecular weight is 232 g/mol. The van der Waals surface area contributed by atoms with Gasteiger partial charge in [-0.2, -0.15) is 8.42 Å². The maximum absolute atomic E-state index is 10.2. The molecule has 0 aliphatic heterocycles. The second-order valence-electron chi connectivity index (χ2n) is 1.94. The van der Waals surface area contributed by atoms with Gasteiger partial charge in [-0.05, 0) is 0 Å². The first-order chi connectivity index (χ1) is 6.25. The van der Waals surface area contributed by atoms with E-state index in [2.05, 4.69) is 0 Å². The van der Waals surface area contributed by atoms with Gasteiger partial charge in [0.1, 0.15) is 0 Å². The molecule has 84 valence electrons. The largest absolute Gasteiger partial charge is 0.481 e. The number of rotatable bonds is 4. The van der Waals surface area contributed by atoms with Gasteiger partial charge in [-0.1, -0.05) is 0 Å². The predicted molar refractivity (Wildman–Crippen MR) is 40.5 cm³/mol. The molecule has 5 N–H and O–H groups in total. The van der Waals surface area contributed by atoms with Crippen LogP contribution in [-0.4, -0.2) is 50.9 Å². The number of hydrogen-bond donors (Lipinski definition) is 5. The van der Waals surface area contributed by atoms with E-state index in [1.807, 2.05) is 0 Å². The van der Waals surface area contributed by atoms with Crippen LogP contribution in [0, 0.1) is 0 Å². The van der Waals surface area contributed by atoms with Crippen molar-refractivity contribution in [1.29, 1.82) is 0 Å². The third-order valence-corrected chi connectivity index (χ3v) is 2.08. The van der Waals surface area contributed by atoms with Crippen molar-refractivity contribution >= 4 is 22.1 Å². The Kier molecular flexibility index (Phi) is 6.82. The monoisotopic (exact) mass is 232 g/mol. The molecule has 0 rings (SSSR count). The summed E-state index contributed by atoms with van der Waals surface area (Å²) >= 11 is 0. The van der Waals surface area contributed by atoms with Gasteiger partial charge < -0.3 is 10.2 Å². The first-order valence-electron chi connectivity index (χ1n) is 2.86. The molecule has 9 nitrogen and oxygen atoms in total. The fourth-order valence-electron chi connectivity index (χ4n) is 0.479. The van der Waals surface area contributed by atoms with Crippen molar-refractivity contribution < 1.29 is 43.3 Å². The van der Waals surface area contributed by atoms with E-state index in [9.17, 15) is 18.0 Å². The summed E-state index contributed by atoms with van der Waals surface area (Å²) in [5.41, 5.74) is 0. The number of hydrogen-bond acceptors (Lipinski definition) is 6. The van der Waals surface area contributed by atoms with Crippen LogP contribution in [0.2, 0.25) is 0 Å². The maximum Gasteiger partial charge on any atom is 0.325 e. The molecule has 14 heavy (non-hydrogen) atoms. The van der Waals surface area contributed by atoms with Crippen LogP contribution >= 0.6 is 0 Å². The van der Waals surface area contributed by atoms with Gasteiger partial charge in [0.05, 0.1) is 6.42 Å². The summed E-state index contributed by atoms with van der Waals surface area (Å²) in [5.74, 6) is -3.50. The molecule has 0 aromatic carbocycles. The van der Waals surface area contributed by atoms with Gasteiger partial charge in [-0.3, -0.25) is 24.7 Å². The van der Waals surface area contributed by atoms with Crippen LogP contribution in [0.4, 0.5) is 0 Å². The second kappa shape index (κ2) is 6.26. The molecule has 0 radical (unpaired) electrons. The van der Waals surface area contributed by atoms with Gasteiger partial charge >= 0.3 is 11.9 Å². The number of aliphatic carboxylic acids is 2. The number of carbonyl (C=O) groups is 2. The first kappa shape index (κ1) is 15.3. The fraction of sp³-hybridized carbons (Fsp3) is 0.500. The van der Waals surface area contributed by atoms with E-state index in [1.165, 1.54) is 0 Å². The lowest BCUT2D eigenvalue weighted by molar-refractivity contribution is -0.176. The minimum atomic E-state index is -4.84. The van der Waals surface area contributed by atoms with Crippen LogP contribution in [-0.2, 0) is 19.7 Å². The topological polar surface area (TPSA) is 169 Å². The van der Waals surface area contributed by atoms with E-state index < -0.39 is 33.7 Å². The minimum absolute atomic E-state index is 1.16. The maximum atomic E-state index is 10.2. The third kappa shape index (κ3) is 6.30. The molecule has 10 heteroatoms. The van der Waals surface area contributed by atoms with Crippen molar-refractivity contribution in [3.05, 3.63) is 0 Å². The van der Waals surface area contributed by atoms with Crippen LogP contribution in [0.3, 0.4) is 0 Å². The highest BCUT2D eigenvalue weighted by molar-refractivity contribution is 7.87. The average Bonchev–Trinajstić information content (AvgIpc) is 2.01. The van der Waals surface area contributed by atoms with Crippen LogP contribution in [0.5, 0.6) is 0 Å². The summed E-state index contributed by atoms with van der Waals surface area (Å²) in [6, 6.07) is 0. The van der Waals surface area contributed by atoms with Crippen LogP contribution in [0.15, 0.2) is 0 Å². The van der Waals surface area contributed by atoms with E-state index in [-0.39, 0.29) is 0 Å². The Labute approximate surface area is 77.9 Å². The molecule has 0 amide bonds. The molecule has 1 unspecified atom stereocenters. The van der Waals surface area contributed by atoms with Crippen LogP contribution < -0.4 is 0 Å². The van der Waals surface area contributed by atoms with E-state index in [4.69, 9.17) is 25.3 Å². The molecule has 0 aliphatic carbocycles. The minimum Gasteiger partial charge on any atom is -0.481 e. The highest BCUT2D eigenvalue weighted by Gasteiger charge is 2.33. The van der Waals surface area contributed by atoms with Gasteiger partial charge in [0.25, 0.3) is 10.1 Å². The molecule has 0 saturated heterocycles. The van der Waals surface area contributed by atoms with Crippen molar-refractivity contribution in [2.24, 2.45) is 0 Å². The molecule has 0 aliphatic rings. The second-order valence-corrected chi connectivity index (χ2v) is 3.54. The molecular weight excluding hydrogens is 224 g/mol. The van der Waals surface area contributed by atoms with Crippen LogP contribution in [0.25, 0.3) is 0 Å². The summed E-state index contributed by atoms with van der Waals surface area (Å²) < 4.78 is 28.7. The highest BCUT2D eigenvalue weighted by Crippen LogP contribution is 2.04. The zero-order valence-electron chi connectivity index (χ0n) is 6.56. The summed E-state index contributed by atoms with van der Waals surface area (Å²) in [6.07, 6.45) is -1.16. The molecule has 0 heterocycles. The number of carboxylic acids is 2. The predicted octanol–water partition coefficient (Wildman–Crippen LogP) is -1.18. The third-order valence-electron chi connectivity index (χ3n) is 0.995. The lowest BCUT2D eigenvalue weighted by Gasteiger charge is -2.04. The molecule has 0 bridgehead atoms. The molecule has 0 aromatic rings. The van der Waals surface area contributed by atoms with E-state index in [1.54, 1.807) is 0 Å². The van der Waals surface area contributed by atoms with Gasteiger partial charge in [-0.15, -0.1) is 0 Å². The number of carboxylic acid groups (broad SMARTS) is 2. The molecule has 0 saturated carbocycles. The summed E-state index contributed by atoms with van der Waals surface area (Å²) in [4.78, 5) is 20.0. The van der Waals surface area contributed by atoms with Crippen molar-refractivity contribution in [2.45, 2.75) is 11.7 Å². The fourth-order valence-corrected chi connectivity index (χ4v) is 1.09. The molecule has 0 spiro atoms. The standard InChI is InChI=1S/C4H6O7S.H2O2/c5-3(6)1-2(4(7)8)12(9,10)11;1-2/h2H,1H2,(H,5,6)(H,7,8)(H,9,10,11);1-2H. The zero-order valence-corrected chi connectivity index (χ0v) is 7.38. The Balaban J connectivity index is 0. The SMILES string of the molecule is O=C(O)CC(C(=O)O)S(=O)(=O)O.OO. The first-order valence-corrected chi connectivity index (χ1v) is 4.36.